The predicted molar refractivity (Wildman–Crippen MR) is 87.9 cm³/mol. The van der Waals surface area contributed by atoms with E-state index in [9.17, 15) is 9.90 Å². The Morgan fingerprint density at radius 2 is 1.95 bits per heavy atom. The van der Waals surface area contributed by atoms with E-state index in [2.05, 4.69) is 26.1 Å². The van der Waals surface area contributed by atoms with Crippen LogP contribution in [0.15, 0.2) is 24.3 Å². The summed E-state index contributed by atoms with van der Waals surface area (Å²) in [6, 6.07) is 7.17. The van der Waals surface area contributed by atoms with Crippen LogP contribution in [0.25, 0.3) is 0 Å². The standard InChI is InChI=1S/C18H27NO3/c1-12(2)16-10-5-13(3)11-18(16,21)17(20)19-14-6-8-15(22-4)9-7-14/h6-9,12-13,16,21H,5,10-11H2,1-4H3,(H,19,20)/t13-,16+,18+/m1/s1. The van der Waals surface area contributed by atoms with E-state index in [1.165, 1.54) is 0 Å². The highest BCUT2D eigenvalue weighted by molar-refractivity contribution is 5.97. The Morgan fingerprint density at radius 3 is 2.50 bits per heavy atom. The zero-order valence-electron chi connectivity index (χ0n) is 13.9. The first-order chi connectivity index (χ1) is 10.4. The molecule has 1 fully saturated rings. The minimum absolute atomic E-state index is 0.00180. The summed E-state index contributed by atoms with van der Waals surface area (Å²) in [5, 5.41) is 13.9. The number of ether oxygens (including phenoxy) is 1. The van der Waals surface area contributed by atoms with Gasteiger partial charge in [0.2, 0.25) is 0 Å². The second kappa shape index (κ2) is 6.69. The number of methoxy groups -OCH3 is 1. The smallest absolute Gasteiger partial charge is 0.256 e. The molecule has 1 aromatic rings. The molecule has 2 rings (SSSR count). The number of hydrogen-bond donors (Lipinski definition) is 2. The second-order valence-electron chi connectivity index (χ2n) is 6.84. The third kappa shape index (κ3) is 3.43. The summed E-state index contributed by atoms with van der Waals surface area (Å²) in [6.45, 7) is 6.25. The van der Waals surface area contributed by atoms with E-state index >= 15 is 0 Å². The molecule has 1 aliphatic rings. The summed E-state index contributed by atoms with van der Waals surface area (Å²) in [6.07, 6.45) is 2.49. The molecule has 22 heavy (non-hydrogen) atoms. The van der Waals surface area contributed by atoms with E-state index in [0.717, 1.165) is 18.6 Å². The monoisotopic (exact) mass is 305 g/mol. The largest absolute Gasteiger partial charge is 0.497 e. The molecule has 1 amide bonds. The van der Waals surface area contributed by atoms with E-state index in [1.807, 2.05) is 0 Å². The van der Waals surface area contributed by atoms with Gasteiger partial charge in [0.1, 0.15) is 11.4 Å². The van der Waals surface area contributed by atoms with Crippen molar-refractivity contribution in [2.75, 3.05) is 12.4 Å². The molecule has 2 N–H and O–H groups in total. The maximum absolute atomic E-state index is 12.7. The summed E-state index contributed by atoms with van der Waals surface area (Å²) in [7, 11) is 1.60. The molecule has 0 aliphatic heterocycles. The fourth-order valence-electron chi connectivity index (χ4n) is 3.55. The van der Waals surface area contributed by atoms with E-state index in [0.29, 0.717) is 18.0 Å². The maximum Gasteiger partial charge on any atom is 0.256 e. The molecule has 4 nitrogen and oxygen atoms in total. The van der Waals surface area contributed by atoms with Gasteiger partial charge in [-0.3, -0.25) is 4.79 Å². The molecular formula is C18H27NO3. The van der Waals surface area contributed by atoms with Gasteiger partial charge in [-0.2, -0.15) is 0 Å². The topological polar surface area (TPSA) is 58.6 Å². The number of anilines is 1. The Balaban J connectivity index is 2.16. The fourth-order valence-corrected chi connectivity index (χ4v) is 3.55. The van der Waals surface area contributed by atoms with Crippen LogP contribution in [0.2, 0.25) is 0 Å². The third-order valence-electron chi connectivity index (χ3n) is 4.79. The van der Waals surface area contributed by atoms with Crippen LogP contribution < -0.4 is 10.1 Å². The predicted octanol–water partition coefficient (Wildman–Crippen LogP) is 3.46. The van der Waals surface area contributed by atoms with Crippen LogP contribution in [0.1, 0.15) is 40.0 Å². The summed E-state index contributed by atoms with van der Waals surface area (Å²) < 4.78 is 5.11. The maximum atomic E-state index is 12.7. The van der Waals surface area contributed by atoms with Gasteiger partial charge in [-0.15, -0.1) is 0 Å². The molecule has 1 saturated carbocycles. The van der Waals surface area contributed by atoms with Gasteiger partial charge in [0, 0.05) is 5.69 Å². The third-order valence-corrected chi connectivity index (χ3v) is 4.79. The summed E-state index contributed by atoms with van der Waals surface area (Å²) in [5.41, 5.74) is -0.605. The second-order valence-corrected chi connectivity index (χ2v) is 6.84. The first kappa shape index (κ1) is 16.8. The highest BCUT2D eigenvalue weighted by Gasteiger charge is 2.48. The average molecular weight is 305 g/mol. The lowest BCUT2D eigenvalue weighted by Gasteiger charge is -2.43. The van der Waals surface area contributed by atoms with Gasteiger partial charge in [-0.25, -0.2) is 0 Å². The van der Waals surface area contributed by atoms with Gasteiger partial charge in [0.05, 0.1) is 7.11 Å². The highest BCUT2D eigenvalue weighted by Crippen LogP contribution is 2.41. The highest BCUT2D eigenvalue weighted by atomic mass is 16.5. The van der Waals surface area contributed by atoms with Gasteiger partial charge in [-0.1, -0.05) is 27.2 Å². The lowest BCUT2D eigenvalue weighted by molar-refractivity contribution is -0.149. The van der Waals surface area contributed by atoms with Crippen molar-refractivity contribution >= 4 is 11.6 Å². The molecule has 4 heteroatoms. The summed E-state index contributed by atoms with van der Waals surface area (Å²) >= 11 is 0. The molecule has 1 aromatic carbocycles. The van der Waals surface area contributed by atoms with Crippen molar-refractivity contribution in [3.05, 3.63) is 24.3 Å². The van der Waals surface area contributed by atoms with E-state index in [4.69, 9.17) is 4.74 Å². The quantitative estimate of drug-likeness (QED) is 0.895. The lowest BCUT2D eigenvalue weighted by atomic mass is 9.66. The molecule has 0 bridgehead atoms. The Hall–Kier alpha value is -1.55. The van der Waals surface area contributed by atoms with Gasteiger partial charge in [-0.05, 0) is 54.9 Å². The number of carbonyl (C=O) groups is 1. The minimum Gasteiger partial charge on any atom is -0.497 e. The zero-order valence-corrected chi connectivity index (χ0v) is 13.9. The number of hydrogen-bond acceptors (Lipinski definition) is 3. The fraction of sp³-hybridized carbons (Fsp3) is 0.611. The lowest BCUT2D eigenvalue weighted by Crippen LogP contribution is -2.54. The van der Waals surface area contributed by atoms with Crippen LogP contribution in [0.4, 0.5) is 5.69 Å². The average Bonchev–Trinajstić information content (AvgIpc) is 2.47. The van der Waals surface area contributed by atoms with Crippen molar-refractivity contribution in [1.29, 1.82) is 0 Å². The Labute approximate surface area is 132 Å². The van der Waals surface area contributed by atoms with Crippen molar-refractivity contribution in [2.24, 2.45) is 17.8 Å². The van der Waals surface area contributed by atoms with Crippen LogP contribution in [-0.4, -0.2) is 23.7 Å². The van der Waals surface area contributed by atoms with Crippen LogP contribution in [0.5, 0.6) is 5.75 Å². The number of aliphatic hydroxyl groups is 1. The molecule has 0 spiro atoms. The molecule has 0 heterocycles. The SMILES string of the molecule is COc1ccc(NC(=O)[C@]2(O)C[C@H](C)CC[C@H]2C(C)C)cc1. The van der Waals surface area contributed by atoms with Gasteiger partial charge < -0.3 is 15.2 Å². The number of nitrogens with one attached hydrogen (secondary N) is 1. The van der Waals surface area contributed by atoms with Crippen LogP contribution in [0, 0.1) is 17.8 Å². The molecule has 0 saturated heterocycles. The molecule has 0 unspecified atom stereocenters. The van der Waals surface area contributed by atoms with Crippen molar-refractivity contribution in [2.45, 2.75) is 45.6 Å². The summed E-state index contributed by atoms with van der Waals surface area (Å²) in [4.78, 5) is 12.7. The Bertz CT molecular complexity index is 512. The number of carbonyl (C=O) groups excluding carboxylic acids is 1. The van der Waals surface area contributed by atoms with Crippen LogP contribution >= 0.6 is 0 Å². The van der Waals surface area contributed by atoms with Gasteiger partial charge in [0.15, 0.2) is 0 Å². The van der Waals surface area contributed by atoms with Crippen molar-refractivity contribution < 1.29 is 14.6 Å². The molecule has 0 aromatic heterocycles. The van der Waals surface area contributed by atoms with Crippen LogP contribution in [0.3, 0.4) is 0 Å². The molecule has 1 aliphatic carbocycles. The summed E-state index contributed by atoms with van der Waals surface area (Å²) in [5.74, 6) is 1.09. The Kier molecular flexibility index (Phi) is 5.12. The minimum atomic E-state index is -1.29. The molecule has 3 atom stereocenters. The van der Waals surface area contributed by atoms with Gasteiger partial charge >= 0.3 is 0 Å². The first-order valence-electron chi connectivity index (χ1n) is 8.04. The van der Waals surface area contributed by atoms with Crippen molar-refractivity contribution in [1.82, 2.24) is 0 Å². The zero-order chi connectivity index (χ0) is 16.3. The Morgan fingerprint density at radius 1 is 1.32 bits per heavy atom. The van der Waals surface area contributed by atoms with Gasteiger partial charge in [0.25, 0.3) is 5.91 Å². The van der Waals surface area contributed by atoms with Crippen LogP contribution in [-0.2, 0) is 4.79 Å². The van der Waals surface area contributed by atoms with E-state index < -0.39 is 5.60 Å². The molecule has 0 radical (unpaired) electrons. The van der Waals surface area contributed by atoms with Crippen molar-refractivity contribution in [3.63, 3.8) is 0 Å². The number of benzene rings is 1. The number of rotatable bonds is 4. The first-order valence-corrected chi connectivity index (χ1v) is 8.04. The van der Waals surface area contributed by atoms with E-state index in [1.54, 1.807) is 31.4 Å². The molecule has 122 valence electrons. The van der Waals surface area contributed by atoms with E-state index in [-0.39, 0.29) is 17.7 Å². The number of amides is 1. The van der Waals surface area contributed by atoms with Crippen molar-refractivity contribution in [3.8, 4) is 5.75 Å². The normalized spacial score (nSPS) is 28.5. The molecular weight excluding hydrogens is 278 g/mol.